The van der Waals surface area contributed by atoms with Gasteiger partial charge in [-0.2, -0.15) is 0 Å². The zero-order valence-electron chi connectivity index (χ0n) is 9.55. The summed E-state index contributed by atoms with van der Waals surface area (Å²) in [5, 5.41) is 0. The van der Waals surface area contributed by atoms with Crippen LogP contribution in [0.4, 0.5) is 4.79 Å². The molecular formula is C12H14O5. The fraction of sp³-hybridized carbons (Fsp3) is 0.333. The van der Waals surface area contributed by atoms with E-state index in [2.05, 4.69) is 4.74 Å². The Labute approximate surface area is 99.3 Å². The predicted molar refractivity (Wildman–Crippen MR) is 60.3 cm³/mol. The molecule has 1 rings (SSSR count). The molecule has 1 aromatic rings. The fourth-order valence-corrected chi connectivity index (χ4v) is 1.12. The van der Waals surface area contributed by atoms with E-state index >= 15 is 0 Å². The van der Waals surface area contributed by atoms with E-state index in [0.717, 1.165) is 6.29 Å². The summed E-state index contributed by atoms with van der Waals surface area (Å²) >= 11 is 0. The molecule has 0 aliphatic heterocycles. The van der Waals surface area contributed by atoms with Crippen LogP contribution in [-0.2, 0) is 9.47 Å². The lowest BCUT2D eigenvalue weighted by Gasteiger charge is -2.07. The van der Waals surface area contributed by atoms with Crippen LogP contribution in [0.25, 0.3) is 0 Å². The highest BCUT2D eigenvalue weighted by atomic mass is 16.7. The second kappa shape index (κ2) is 7.27. The SMILES string of the molecule is CCOC(=O)OCCOc1cccc(C=O)c1. The van der Waals surface area contributed by atoms with Crippen LogP contribution in [0.15, 0.2) is 24.3 Å². The van der Waals surface area contributed by atoms with Gasteiger partial charge in [0.25, 0.3) is 0 Å². The first-order valence-corrected chi connectivity index (χ1v) is 5.24. The van der Waals surface area contributed by atoms with Crippen LogP contribution < -0.4 is 4.74 Å². The van der Waals surface area contributed by atoms with Gasteiger partial charge in [0.05, 0.1) is 6.61 Å². The van der Waals surface area contributed by atoms with Crippen molar-refractivity contribution in [1.29, 1.82) is 0 Å². The normalized spacial score (nSPS) is 9.47. The topological polar surface area (TPSA) is 61.8 Å². The van der Waals surface area contributed by atoms with Gasteiger partial charge in [0.2, 0.25) is 0 Å². The van der Waals surface area contributed by atoms with Crippen LogP contribution in [0.5, 0.6) is 5.75 Å². The quantitative estimate of drug-likeness (QED) is 0.431. The van der Waals surface area contributed by atoms with Crippen LogP contribution in [0, 0.1) is 0 Å². The van der Waals surface area contributed by atoms with E-state index in [1.165, 1.54) is 0 Å². The lowest BCUT2D eigenvalue weighted by Crippen LogP contribution is -2.13. The second-order valence-corrected chi connectivity index (χ2v) is 3.07. The summed E-state index contributed by atoms with van der Waals surface area (Å²) in [6.45, 7) is 2.29. The number of hydrogen-bond acceptors (Lipinski definition) is 5. The van der Waals surface area contributed by atoms with Crippen LogP contribution in [0.3, 0.4) is 0 Å². The maximum absolute atomic E-state index is 10.8. The molecule has 0 aliphatic carbocycles. The van der Waals surface area contributed by atoms with Gasteiger partial charge in [0.1, 0.15) is 25.2 Å². The van der Waals surface area contributed by atoms with Gasteiger partial charge in [0, 0.05) is 5.56 Å². The van der Waals surface area contributed by atoms with Gasteiger partial charge in [-0.15, -0.1) is 0 Å². The molecule has 0 aliphatic rings. The Kier molecular flexibility index (Phi) is 5.57. The molecule has 0 radical (unpaired) electrons. The Morgan fingerprint density at radius 1 is 1.29 bits per heavy atom. The van der Waals surface area contributed by atoms with Crippen molar-refractivity contribution in [3.05, 3.63) is 29.8 Å². The van der Waals surface area contributed by atoms with E-state index in [1.807, 2.05) is 0 Å². The average Bonchev–Trinajstić information content (AvgIpc) is 2.35. The molecule has 0 heterocycles. The van der Waals surface area contributed by atoms with E-state index in [0.29, 0.717) is 11.3 Å². The van der Waals surface area contributed by atoms with Crippen molar-refractivity contribution in [3.8, 4) is 5.75 Å². The fourth-order valence-electron chi connectivity index (χ4n) is 1.12. The first-order valence-electron chi connectivity index (χ1n) is 5.24. The highest BCUT2D eigenvalue weighted by Crippen LogP contribution is 2.11. The van der Waals surface area contributed by atoms with Gasteiger partial charge in [-0.05, 0) is 19.1 Å². The highest BCUT2D eigenvalue weighted by Gasteiger charge is 2.01. The molecule has 0 saturated heterocycles. The number of benzene rings is 1. The molecule has 1 aromatic carbocycles. The first kappa shape index (κ1) is 13.0. The molecule has 0 atom stereocenters. The molecule has 0 amide bonds. The highest BCUT2D eigenvalue weighted by molar-refractivity contribution is 5.75. The molecule has 0 N–H and O–H groups in total. The van der Waals surface area contributed by atoms with Crippen molar-refractivity contribution in [2.24, 2.45) is 0 Å². The van der Waals surface area contributed by atoms with E-state index < -0.39 is 6.16 Å². The van der Waals surface area contributed by atoms with E-state index in [4.69, 9.17) is 9.47 Å². The predicted octanol–water partition coefficient (Wildman–Crippen LogP) is 2.05. The Morgan fingerprint density at radius 2 is 2.12 bits per heavy atom. The van der Waals surface area contributed by atoms with E-state index in [1.54, 1.807) is 31.2 Å². The minimum absolute atomic E-state index is 0.101. The second-order valence-electron chi connectivity index (χ2n) is 3.07. The third-order valence-electron chi connectivity index (χ3n) is 1.83. The minimum atomic E-state index is -0.710. The molecule has 0 fully saturated rings. The Morgan fingerprint density at radius 3 is 2.82 bits per heavy atom. The van der Waals surface area contributed by atoms with E-state index in [9.17, 15) is 9.59 Å². The van der Waals surface area contributed by atoms with Gasteiger partial charge < -0.3 is 14.2 Å². The minimum Gasteiger partial charge on any atom is -0.490 e. The van der Waals surface area contributed by atoms with Gasteiger partial charge in [-0.3, -0.25) is 4.79 Å². The molecule has 0 bridgehead atoms. The van der Waals surface area contributed by atoms with Crippen LogP contribution in [0.2, 0.25) is 0 Å². The standard InChI is InChI=1S/C12H14O5/c1-2-15-12(14)17-7-6-16-11-5-3-4-10(8-11)9-13/h3-5,8-9H,2,6-7H2,1H3. The van der Waals surface area contributed by atoms with Crippen molar-refractivity contribution in [1.82, 2.24) is 0 Å². The van der Waals surface area contributed by atoms with Crippen molar-refractivity contribution in [2.75, 3.05) is 19.8 Å². The third-order valence-corrected chi connectivity index (χ3v) is 1.83. The van der Waals surface area contributed by atoms with Crippen molar-refractivity contribution >= 4 is 12.4 Å². The van der Waals surface area contributed by atoms with Crippen molar-refractivity contribution < 1.29 is 23.8 Å². The van der Waals surface area contributed by atoms with Crippen molar-refractivity contribution in [3.63, 3.8) is 0 Å². The maximum Gasteiger partial charge on any atom is 0.508 e. The molecule has 17 heavy (non-hydrogen) atoms. The van der Waals surface area contributed by atoms with Gasteiger partial charge in [0.15, 0.2) is 0 Å². The smallest absolute Gasteiger partial charge is 0.490 e. The number of aldehydes is 1. The third kappa shape index (κ3) is 5.01. The van der Waals surface area contributed by atoms with Crippen molar-refractivity contribution in [2.45, 2.75) is 6.92 Å². The van der Waals surface area contributed by atoms with Crippen LogP contribution >= 0.6 is 0 Å². The van der Waals surface area contributed by atoms with Crippen LogP contribution in [0.1, 0.15) is 17.3 Å². The van der Waals surface area contributed by atoms with Gasteiger partial charge in [-0.25, -0.2) is 4.79 Å². The summed E-state index contributed by atoms with van der Waals surface area (Å²) < 4.78 is 14.6. The van der Waals surface area contributed by atoms with E-state index in [-0.39, 0.29) is 19.8 Å². The Bertz CT molecular complexity index is 375. The molecular weight excluding hydrogens is 224 g/mol. The summed E-state index contributed by atoms with van der Waals surface area (Å²) in [5.74, 6) is 0.557. The zero-order valence-corrected chi connectivity index (χ0v) is 9.55. The average molecular weight is 238 g/mol. The molecule has 0 spiro atoms. The van der Waals surface area contributed by atoms with Gasteiger partial charge in [-0.1, -0.05) is 12.1 Å². The lowest BCUT2D eigenvalue weighted by atomic mass is 10.2. The summed E-state index contributed by atoms with van der Waals surface area (Å²) in [4.78, 5) is 21.3. The summed E-state index contributed by atoms with van der Waals surface area (Å²) in [7, 11) is 0. The lowest BCUT2D eigenvalue weighted by molar-refractivity contribution is 0.0495. The maximum atomic E-state index is 10.8. The number of rotatable bonds is 6. The molecule has 0 aromatic heterocycles. The molecule has 5 nitrogen and oxygen atoms in total. The number of hydrogen-bond donors (Lipinski definition) is 0. The molecule has 5 heteroatoms. The monoisotopic (exact) mass is 238 g/mol. The first-order chi connectivity index (χ1) is 8.26. The number of carbonyl (C=O) groups excluding carboxylic acids is 2. The molecule has 0 unspecified atom stereocenters. The molecule has 0 saturated carbocycles. The molecule has 92 valence electrons. The summed E-state index contributed by atoms with van der Waals surface area (Å²) in [6, 6.07) is 6.72. The zero-order chi connectivity index (χ0) is 12.5. The number of ether oxygens (including phenoxy) is 3. The van der Waals surface area contributed by atoms with Gasteiger partial charge >= 0.3 is 6.16 Å². The number of carbonyl (C=O) groups is 2. The Balaban J connectivity index is 2.26. The summed E-state index contributed by atoms with van der Waals surface area (Å²) in [6.07, 6.45) is 0.0276. The Hall–Kier alpha value is -2.04. The van der Waals surface area contributed by atoms with Crippen LogP contribution in [-0.4, -0.2) is 32.3 Å². The largest absolute Gasteiger partial charge is 0.508 e. The summed E-state index contributed by atoms with van der Waals surface area (Å²) in [5.41, 5.74) is 0.536.